The average Bonchev–Trinajstić information content (AvgIpc) is 2.46. The minimum atomic E-state index is -0.367. The Balaban J connectivity index is 2.02. The Morgan fingerprint density at radius 1 is 1.20 bits per heavy atom. The summed E-state index contributed by atoms with van der Waals surface area (Å²) in [5.41, 5.74) is 2.80. The summed E-state index contributed by atoms with van der Waals surface area (Å²) in [6.07, 6.45) is 0. The third kappa shape index (κ3) is 3.35. The molecule has 0 unspecified atom stereocenters. The predicted octanol–water partition coefficient (Wildman–Crippen LogP) is 3.53. The Morgan fingerprint density at radius 3 is 2.50 bits per heavy atom. The van der Waals surface area contributed by atoms with E-state index in [-0.39, 0.29) is 11.8 Å². The van der Waals surface area contributed by atoms with Gasteiger partial charge in [0.15, 0.2) is 0 Å². The molecule has 0 fully saturated rings. The zero-order chi connectivity index (χ0) is 14.5. The van der Waals surface area contributed by atoms with Gasteiger partial charge in [-0.3, -0.25) is 0 Å². The SMILES string of the molecule is COC(=O)c1ccc(CNc2ccc(C)cc2F)cc1. The van der Waals surface area contributed by atoms with Crippen molar-refractivity contribution in [3.05, 3.63) is 65.0 Å². The molecule has 0 atom stereocenters. The second kappa shape index (κ2) is 6.19. The first-order valence-electron chi connectivity index (χ1n) is 6.27. The number of aryl methyl sites for hydroxylation is 1. The van der Waals surface area contributed by atoms with E-state index in [0.717, 1.165) is 11.1 Å². The van der Waals surface area contributed by atoms with Crippen LogP contribution < -0.4 is 5.32 Å². The zero-order valence-corrected chi connectivity index (χ0v) is 11.4. The van der Waals surface area contributed by atoms with E-state index in [4.69, 9.17) is 0 Å². The van der Waals surface area contributed by atoms with Crippen molar-refractivity contribution < 1.29 is 13.9 Å². The van der Waals surface area contributed by atoms with Crippen LogP contribution in [-0.4, -0.2) is 13.1 Å². The minimum Gasteiger partial charge on any atom is -0.465 e. The van der Waals surface area contributed by atoms with E-state index in [2.05, 4.69) is 10.1 Å². The van der Waals surface area contributed by atoms with Gasteiger partial charge in [0.25, 0.3) is 0 Å². The van der Waals surface area contributed by atoms with Gasteiger partial charge < -0.3 is 10.1 Å². The molecule has 0 aliphatic heterocycles. The molecule has 3 nitrogen and oxygen atoms in total. The van der Waals surface area contributed by atoms with E-state index < -0.39 is 0 Å². The molecule has 2 rings (SSSR count). The van der Waals surface area contributed by atoms with Crippen LogP contribution in [0.3, 0.4) is 0 Å². The number of hydrogen-bond donors (Lipinski definition) is 1. The van der Waals surface area contributed by atoms with E-state index in [1.54, 1.807) is 18.2 Å². The number of hydrogen-bond acceptors (Lipinski definition) is 3. The van der Waals surface area contributed by atoms with Crippen molar-refractivity contribution in [2.24, 2.45) is 0 Å². The van der Waals surface area contributed by atoms with Gasteiger partial charge in [0.2, 0.25) is 0 Å². The summed E-state index contributed by atoms with van der Waals surface area (Å²) >= 11 is 0. The summed E-state index contributed by atoms with van der Waals surface area (Å²) in [7, 11) is 1.35. The second-order valence-electron chi connectivity index (χ2n) is 4.53. The summed E-state index contributed by atoms with van der Waals surface area (Å²) in [6.45, 7) is 2.33. The van der Waals surface area contributed by atoms with E-state index in [9.17, 15) is 9.18 Å². The lowest BCUT2D eigenvalue weighted by molar-refractivity contribution is 0.0600. The lowest BCUT2D eigenvalue weighted by Gasteiger charge is -2.08. The van der Waals surface area contributed by atoms with Gasteiger partial charge in [-0.05, 0) is 42.3 Å². The first-order chi connectivity index (χ1) is 9.60. The summed E-state index contributed by atoms with van der Waals surface area (Å²) < 4.78 is 18.3. The number of ether oxygens (including phenoxy) is 1. The van der Waals surface area contributed by atoms with E-state index in [0.29, 0.717) is 17.8 Å². The highest BCUT2D eigenvalue weighted by atomic mass is 19.1. The average molecular weight is 273 g/mol. The Labute approximate surface area is 117 Å². The summed E-state index contributed by atoms with van der Waals surface area (Å²) in [4.78, 5) is 11.3. The summed E-state index contributed by atoms with van der Waals surface area (Å²) in [5.74, 6) is -0.634. The van der Waals surface area contributed by atoms with Crippen molar-refractivity contribution in [1.82, 2.24) is 0 Å². The molecule has 2 aromatic carbocycles. The van der Waals surface area contributed by atoms with E-state index >= 15 is 0 Å². The number of methoxy groups -OCH3 is 1. The van der Waals surface area contributed by atoms with Crippen LogP contribution in [0.5, 0.6) is 0 Å². The highest BCUT2D eigenvalue weighted by Crippen LogP contribution is 2.16. The van der Waals surface area contributed by atoms with Crippen molar-refractivity contribution in [2.45, 2.75) is 13.5 Å². The summed E-state index contributed by atoms with van der Waals surface area (Å²) in [5, 5.41) is 3.03. The van der Waals surface area contributed by atoms with Crippen LogP contribution in [0.15, 0.2) is 42.5 Å². The molecule has 0 spiro atoms. The number of carbonyl (C=O) groups excluding carboxylic acids is 1. The van der Waals surface area contributed by atoms with E-state index in [1.165, 1.54) is 13.2 Å². The molecule has 0 aliphatic carbocycles. The van der Waals surface area contributed by atoms with Crippen molar-refractivity contribution in [2.75, 3.05) is 12.4 Å². The first-order valence-corrected chi connectivity index (χ1v) is 6.27. The van der Waals surface area contributed by atoms with Crippen LogP contribution in [0.1, 0.15) is 21.5 Å². The molecule has 0 aromatic heterocycles. The number of anilines is 1. The van der Waals surface area contributed by atoms with Crippen molar-refractivity contribution in [1.29, 1.82) is 0 Å². The summed E-state index contributed by atoms with van der Waals surface area (Å²) in [6, 6.07) is 12.1. The van der Waals surface area contributed by atoms with Gasteiger partial charge in [0.05, 0.1) is 18.4 Å². The molecule has 0 radical (unpaired) electrons. The topological polar surface area (TPSA) is 38.3 Å². The molecule has 0 bridgehead atoms. The molecule has 2 aromatic rings. The van der Waals surface area contributed by atoms with Crippen molar-refractivity contribution in [3.8, 4) is 0 Å². The quantitative estimate of drug-likeness (QED) is 0.866. The maximum Gasteiger partial charge on any atom is 0.337 e. The highest BCUT2D eigenvalue weighted by Gasteiger charge is 2.05. The molecular formula is C16H16FNO2. The van der Waals surface area contributed by atoms with Crippen molar-refractivity contribution in [3.63, 3.8) is 0 Å². The van der Waals surface area contributed by atoms with Gasteiger partial charge in [-0.15, -0.1) is 0 Å². The maximum absolute atomic E-state index is 13.6. The molecule has 104 valence electrons. The third-order valence-corrected chi connectivity index (χ3v) is 2.98. The number of esters is 1. The second-order valence-corrected chi connectivity index (χ2v) is 4.53. The van der Waals surface area contributed by atoms with Crippen LogP contribution in [0.4, 0.5) is 10.1 Å². The Bertz CT molecular complexity index is 608. The lowest BCUT2D eigenvalue weighted by Crippen LogP contribution is -2.04. The molecule has 20 heavy (non-hydrogen) atoms. The molecular weight excluding hydrogens is 257 g/mol. The largest absolute Gasteiger partial charge is 0.465 e. The van der Waals surface area contributed by atoms with Crippen LogP contribution in [0.25, 0.3) is 0 Å². The molecule has 4 heteroatoms. The number of carbonyl (C=O) groups is 1. The number of rotatable bonds is 4. The standard InChI is InChI=1S/C16H16FNO2/c1-11-3-8-15(14(17)9-11)18-10-12-4-6-13(7-5-12)16(19)20-2/h3-9,18H,10H2,1-2H3. The van der Waals surface area contributed by atoms with Crippen LogP contribution >= 0.6 is 0 Å². The fourth-order valence-electron chi connectivity index (χ4n) is 1.84. The van der Waals surface area contributed by atoms with Crippen LogP contribution in [0, 0.1) is 12.7 Å². The van der Waals surface area contributed by atoms with Gasteiger partial charge in [-0.1, -0.05) is 18.2 Å². The normalized spacial score (nSPS) is 10.2. The van der Waals surface area contributed by atoms with Crippen molar-refractivity contribution >= 4 is 11.7 Å². The highest BCUT2D eigenvalue weighted by molar-refractivity contribution is 5.89. The number of halogens is 1. The zero-order valence-electron chi connectivity index (χ0n) is 11.4. The first kappa shape index (κ1) is 14.1. The minimum absolute atomic E-state index is 0.267. The van der Waals surface area contributed by atoms with Gasteiger partial charge in [0.1, 0.15) is 5.82 Å². The fourth-order valence-corrected chi connectivity index (χ4v) is 1.84. The maximum atomic E-state index is 13.6. The van der Waals surface area contributed by atoms with Gasteiger partial charge in [-0.25, -0.2) is 9.18 Å². The van der Waals surface area contributed by atoms with Gasteiger partial charge >= 0.3 is 5.97 Å². The number of benzene rings is 2. The van der Waals surface area contributed by atoms with Gasteiger partial charge in [0, 0.05) is 6.54 Å². The Morgan fingerprint density at radius 2 is 1.90 bits per heavy atom. The smallest absolute Gasteiger partial charge is 0.337 e. The van der Waals surface area contributed by atoms with E-state index in [1.807, 2.05) is 25.1 Å². The molecule has 0 aliphatic rings. The predicted molar refractivity (Wildman–Crippen MR) is 76.2 cm³/mol. The molecule has 0 saturated carbocycles. The van der Waals surface area contributed by atoms with Crippen LogP contribution in [0.2, 0.25) is 0 Å². The Hall–Kier alpha value is -2.36. The molecule has 0 heterocycles. The number of nitrogens with one attached hydrogen (secondary N) is 1. The monoisotopic (exact) mass is 273 g/mol. The third-order valence-electron chi connectivity index (χ3n) is 2.98. The molecule has 1 N–H and O–H groups in total. The van der Waals surface area contributed by atoms with Crippen LogP contribution in [-0.2, 0) is 11.3 Å². The lowest BCUT2D eigenvalue weighted by atomic mass is 10.1. The molecule has 0 amide bonds. The Kier molecular flexibility index (Phi) is 4.35. The molecule has 0 saturated heterocycles. The van der Waals surface area contributed by atoms with Gasteiger partial charge in [-0.2, -0.15) is 0 Å². The fraction of sp³-hybridized carbons (Fsp3) is 0.188.